The van der Waals surface area contributed by atoms with Crippen LogP contribution in [0.2, 0.25) is 0 Å². The summed E-state index contributed by atoms with van der Waals surface area (Å²) in [7, 11) is 1.41. The van der Waals surface area contributed by atoms with Crippen LogP contribution in [0.15, 0.2) is 23.2 Å². The van der Waals surface area contributed by atoms with Crippen LogP contribution in [0, 0.1) is 5.92 Å². The lowest BCUT2D eigenvalue weighted by Gasteiger charge is -2.13. The zero-order chi connectivity index (χ0) is 17.9. The van der Waals surface area contributed by atoms with Gasteiger partial charge in [0.25, 0.3) is 0 Å². The highest BCUT2D eigenvalue weighted by molar-refractivity contribution is 14.0. The average molecular weight is 471 g/mol. The molecule has 0 heterocycles. The van der Waals surface area contributed by atoms with E-state index in [1.165, 1.54) is 13.2 Å². The number of nitrogens with one attached hydrogen (secondary N) is 2. The van der Waals surface area contributed by atoms with Gasteiger partial charge < -0.3 is 20.1 Å². The first-order chi connectivity index (χ1) is 11.5. The Morgan fingerprint density at radius 3 is 2.48 bits per heavy atom. The number of nitrogens with zero attached hydrogens (tertiary/aromatic N) is 1. The van der Waals surface area contributed by atoms with Crippen molar-refractivity contribution in [1.29, 1.82) is 0 Å². The molecule has 2 N–H and O–H groups in total. The highest BCUT2D eigenvalue weighted by atomic mass is 127. The fraction of sp³-hybridized carbons (Fsp3) is 0.588. The monoisotopic (exact) mass is 471 g/mol. The Labute approximate surface area is 165 Å². The van der Waals surface area contributed by atoms with Gasteiger partial charge in [-0.05, 0) is 37.0 Å². The molecule has 0 aliphatic heterocycles. The summed E-state index contributed by atoms with van der Waals surface area (Å²) >= 11 is 0. The van der Waals surface area contributed by atoms with Gasteiger partial charge in [0.15, 0.2) is 17.5 Å². The van der Waals surface area contributed by atoms with Crippen LogP contribution in [0.4, 0.5) is 8.78 Å². The molecule has 1 aromatic rings. The van der Waals surface area contributed by atoms with Crippen molar-refractivity contribution in [1.82, 2.24) is 10.6 Å². The molecule has 0 atom stereocenters. The van der Waals surface area contributed by atoms with Crippen molar-refractivity contribution in [3.05, 3.63) is 23.8 Å². The largest absolute Gasteiger partial charge is 0.493 e. The van der Waals surface area contributed by atoms with Gasteiger partial charge in [0.05, 0.1) is 13.7 Å². The Bertz CT molecular complexity index is 529. The molecule has 0 saturated heterocycles. The maximum absolute atomic E-state index is 12.5. The smallest absolute Gasteiger partial charge is 0.387 e. The topological polar surface area (TPSA) is 54.9 Å². The van der Waals surface area contributed by atoms with Gasteiger partial charge in [-0.2, -0.15) is 8.78 Å². The minimum atomic E-state index is -2.90. The fourth-order valence-electron chi connectivity index (χ4n) is 2.00. The molecule has 1 rings (SSSR count). The number of benzene rings is 1. The van der Waals surface area contributed by atoms with E-state index in [9.17, 15) is 8.78 Å². The highest BCUT2D eigenvalue weighted by Crippen LogP contribution is 2.29. The summed E-state index contributed by atoms with van der Waals surface area (Å²) < 4.78 is 34.4. The van der Waals surface area contributed by atoms with Crippen molar-refractivity contribution in [3.8, 4) is 11.5 Å². The molecule has 0 spiro atoms. The molecule has 1 aromatic carbocycles. The van der Waals surface area contributed by atoms with E-state index in [0.29, 0.717) is 18.4 Å². The zero-order valence-corrected chi connectivity index (χ0v) is 17.5. The predicted molar refractivity (Wildman–Crippen MR) is 107 cm³/mol. The third-order valence-corrected chi connectivity index (χ3v) is 3.22. The van der Waals surface area contributed by atoms with Crippen LogP contribution in [0.25, 0.3) is 0 Å². The van der Waals surface area contributed by atoms with E-state index in [4.69, 9.17) is 4.74 Å². The molecule has 0 amide bonds. The minimum absolute atomic E-state index is 0. The average Bonchev–Trinajstić information content (AvgIpc) is 2.52. The van der Waals surface area contributed by atoms with Gasteiger partial charge >= 0.3 is 6.61 Å². The summed E-state index contributed by atoms with van der Waals surface area (Å²) in [6.45, 7) is 5.33. The van der Waals surface area contributed by atoms with E-state index < -0.39 is 6.61 Å². The van der Waals surface area contributed by atoms with Crippen molar-refractivity contribution < 1.29 is 18.3 Å². The van der Waals surface area contributed by atoms with Gasteiger partial charge in [-0.15, -0.1) is 24.0 Å². The van der Waals surface area contributed by atoms with E-state index in [1.54, 1.807) is 12.1 Å². The van der Waals surface area contributed by atoms with Gasteiger partial charge in [-0.3, -0.25) is 0 Å². The summed E-state index contributed by atoms with van der Waals surface area (Å²) in [6, 6.07) is 4.90. The van der Waals surface area contributed by atoms with Gasteiger partial charge in [-0.25, -0.2) is 4.99 Å². The molecule has 0 saturated carbocycles. The number of halogens is 3. The van der Waals surface area contributed by atoms with Crippen LogP contribution in [0.5, 0.6) is 11.5 Å². The number of aliphatic imine (C=N–C) groups is 1. The Kier molecular flexibility index (Phi) is 12.3. The summed E-state index contributed by atoms with van der Waals surface area (Å²) in [4.78, 5) is 4.47. The van der Waals surface area contributed by atoms with E-state index >= 15 is 0 Å². The standard InChI is InChI=1S/C17H27F2N3O2.HI/c1-5-20-17(21-9-8-12(2)3)22-11-13-6-7-14(23-4)15(10-13)24-16(18)19;/h6-7,10,12,16H,5,8-9,11H2,1-4H3,(H2,20,21,22);1H. The van der Waals surface area contributed by atoms with Gasteiger partial charge in [0.1, 0.15) is 0 Å². The second-order valence-corrected chi connectivity index (χ2v) is 5.67. The lowest BCUT2D eigenvalue weighted by Crippen LogP contribution is -2.38. The molecule has 0 bridgehead atoms. The maximum Gasteiger partial charge on any atom is 0.387 e. The molecule has 144 valence electrons. The van der Waals surface area contributed by atoms with Crippen molar-refractivity contribution in [2.45, 2.75) is 40.3 Å². The molecule has 0 fully saturated rings. The van der Waals surface area contributed by atoms with Crippen LogP contribution in [-0.2, 0) is 6.54 Å². The first kappa shape index (κ1) is 23.7. The van der Waals surface area contributed by atoms with E-state index in [1.807, 2.05) is 6.92 Å². The zero-order valence-electron chi connectivity index (χ0n) is 15.1. The molecule has 0 unspecified atom stereocenters. The Balaban J connectivity index is 0.00000576. The molecule has 25 heavy (non-hydrogen) atoms. The molecular formula is C17H28F2IN3O2. The number of methoxy groups -OCH3 is 1. The Hall–Kier alpha value is -1.32. The van der Waals surface area contributed by atoms with Crippen molar-refractivity contribution in [2.75, 3.05) is 20.2 Å². The van der Waals surface area contributed by atoms with E-state index in [2.05, 4.69) is 34.2 Å². The van der Waals surface area contributed by atoms with Gasteiger partial charge in [0, 0.05) is 13.1 Å². The summed E-state index contributed by atoms with van der Waals surface area (Å²) in [5.74, 6) is 1.59. The first-order valence-electron chi connectivity index (χ1n) is 8.10. The summed E-state index contributed by atoms with van der Waals surface area (Å²) in [5.41, 5.74) is 0.757. The van der Waals surface area contributed by atoms with Crippen molar-refractivity contribution in [3.63, 3.8) is 0 Å². The third-order valence-electron chi connectivity index (χ3n) is 3.22. The van der Waals surface area contributed by atoms with Crippen molar-refractivity contribution in [2.24, 2.45) is 10.9 Å². The van der Waals surface area contributed by atoms with Crippen LogP contribution < -0.4 is 20.1 Å². The molecule has 5 nitrogen and oxygen atoms in total. The number of rotatable bonds is 9. The summed E-state index contributed by atoms with van der Waals surface area (Å²) in [6.07, 6.45) is 1.04. The normalized spacial score (nSPS) is 11.3. The SMILES string of the molecule is CCNC(=NCc1ccc(OC)c(OC(F)F)c1)NCCC(C)C.I. The Morgan fingerprint density at radius 1 is 1.20 bits per heavy atom. The third kappa shape index (κ3) is 9.66. The van der Waals surface area contributed by atoms with Crippen LogP contribution in [0.1, 0.15) is 32.8 Å². The minimum Gasteiger partial charge on any atom is -0.493 e. The fourth-order valence-corrected chi connectivity index (χ4v) is 2.00. The summed E-state index contributed by atoms with van der Waals surface area (Å²) in [5, 5.41) is 6.41. The number of alkyl halides is 2. The predicted octanol–water partition coefficient (Wildman–Crippen LogP) is 4.02. The first-order valence-corrected chi connectivity index (χ1v) is 8.10. The van der Waals surface area contributed by atoms with E-state index in [0.717, 1.165) is 25.1 Å². The second-order valence-electron chi connectivity index (χ2n) is 5.67. The van der Waals surface area contributed by atoms with Gasteiger partial charge in [-0.1, -0.05) is 19.9 Å². The number of guanidine groups is 1. The van der Waals surface area contributed by atoms with Crippen LogP contribution >= 0.6 is 24.0 Å². The molecule has 0 radical (unpaired) electrons. The van der Waals surface area contributed by atoms with E-state index in [-0.39, 0.29) is 35.5 Å². The molecular weight excluding hydrogens is 443 g/mol. The molecule has 0 aliphatic rings. The molecule has 0 aromatic heterocycles. The quantitative estimate of drug-likeness (QED) is 0.325. The number of hydrogen-bond donors (Lipinski definition) is 2. The van der Waals surface area contributed by atoms with Crippen molar-refractivity contribution >= 4 is 29.9 Å². The van der Waals surface area contributed by atoms with Crippen LogP contribution in [-0.4, -0.2) is 32.8 Å². The lowest BCUT2D eigenvalue weighted by atomic mass is 10.1. The lowest BCUT2D eigenvalue weighted by molar-refractivity contribution is -0.0512. The highest BCUT2D eigenvalue weighted by Gasteiger charge is 2.11. The number of ether oxygens (including phenoxy) is 2. The van der Waals surface area contributed by atoms with Gasteiger partial charge in [0.2, 0.25) is 0 Å². The number of hydrogen-bond acceptors (Lipinski definition) is 3. The second kappa shape index (κ2) is 13.0. The maximum atomic E-state index is 12.5. The molecule has 8 heteroatoms. The molecule has 0 aliphatic carbocycles. The van der Waals surface area contributed by atoms with Crippen LogP contribution in [0.3, 0.4) is 0 Å². The Morgan fingerprint density at radius 2 is 1.92 bits per heavy atom.